The molecule has 0 fully saturated rings. The van der Waals surface area contributed by atoms with Crippen LogP contribution < -0.4 is 19.3 Å². The van der Waals surface area contributed by atoms with Crippen molar-refractivity contribution in [3.05, 3.63) is 182 Å². The molecule has 2 heterocycles. The Morgan fingerprint density at radius 1 is 0.320 bits per heavy atom. The molecular weight excluding hydrogens is 613 g/mol. The number of fused-ring (bicyclic) bond motifs is 6. The van der Waals surface area contributed by atoms with E-state index in [1.807, 2.05) is 24.3 Å². The summed E-state index contributed by atoms with van der Waals surface area (Å²) in [4.78, 5) is 4.58. The van der Waals surface area contributed by atoms with Gasteiger partial charge in [-0.2, -0.15) is 0 Å². The van der Waals surface area contributed by atoms with E-state index in [0.717, 1.165) is 84.6 Å². The summed E-state index contributed by atoms with van der Waals surface area (Å²) in [5, 5.41) is 2.21. The smallest absolute Gasteiger partial charge is 0.159 e. The molecule has 0 radical (unpaired) electrons. The van der Waals surface area contributed by atoms with Crippen LogP contribution in [0.4, 0.5) is 34.1 Å². The van der Waals surface area contributed by atoms with Crippen molar-refractivity contribution < 1.29 is 9.47 Å². The highest BCUT2D eigenvalue weighted by Crippen LogP contribution is 2.55. The van der Waals surface area contributed by atoms with Crippen LogP contribution in [0.2, 0.25) is 0 Å². The van der Waals surface area contributed by atoms with E-state index in [1.54, 1.807) is 0 Å². The number of rotatable bonds is 4. The van der Waals surface area contributed by atoms with Gasteiger partial charge in [0.25, 0.3) is 0 Å². The lowest BCUT2D eigenvalue weighted by atomic mass is 9.99. The summed E-state index contributed by atoms with van der Waals surface area (Å²) < 4.78 is 13.4. The van der Waals surface area contributed by atoms with Gasteiger partial charge in [-0.3, -0.25) is 0 Å². The molecule has 10 rings (SSSR count). The molecule has 0 saturated heterocycles. The Hall–Kier alpha value is -6.78. The summed E-state index contributed by atoms with van der Waals surface area (Å²) in [6.45, 7) is 0. The fourth-order valence-electron chi connectivity index (χ4n) is 7.24. The predicted octanol–water partition coefficient (Wildman–Crippen LogP) is 13.3. The molecule has 2 aliphatic rings. The number of hydrogen-bond donors (Lipinski definition) is 0. The van der Waals surface area contributed by atoms with Gasteiger partial charge >= 0.3 is 0 Å². The van der Waals surface area contributed by atoms with Crippen LogP contribution in [-0.4, -0.2) is 0 Å². The van der Waals surface area contributed by atoms with Gasteiger partial charge in [0.05, 0.1) is 22.7 Å². The Morgan fingerprint density at radius 3 is 1.68 bits per heavy atom. The summed E-state index contributed by atoms with van der Waals surface area (Å²) >= 11 is 0. The molecule has 0 aromatic heterocycles. The first-order valence-corrected chi connectivity index (χ1v) is 16.8. The largest absolute Gasteiger partial charge is 0.453 e. The molecule has 8 aromatic rings. The molecule has 0 bridgehead atoms. The highest BCUT2D eigenvalue weighted by molar-refractivity contribution is 6.00. The lowest BCUT2D eigenvalue weighted by Gasteiger charge is -2.34. The van der Waals surface area contributed by atoms with Crippen LogP contribution in [-0.2, 0) is 0 Å². The maximum atomic E-state index is 6.87. The lowest BCUT2D eigenvalue weighted by molar-refractivity contribution is 0.477. The molecule has 0 unspecified atom stereocenters. The van der Waals surface area contributed by atoms with Crippen LogP contribution in [0, 0.1) is 0 Å². The Labute approximate surface area is 290 Å². The number of para-hydroxylation sites is 3. The van der Waals surface area contributed by atoms with Crippen molar-refractivity contribution in [2.45, 2.75) is 0 Å². The zero-order chi connectivity index (χ0) is 33.0. The van der Waals surface area contributed by atoms with Crippen LogP contribution in [0.3, 0.4) is 0 Å². The first-order valence-electron chi connectivity index (χ1n) is 16.8. The maximum Gasteiger partial charge on any atom is 0.159 e. The number of benzene rings is 8. The van der Waals surface area contributed by atoms with Gasteiger partial charge in [0.1, 0.15) is 0 Å². The van der Waals surface area contributed by atoms with E-state index in [4.69, 9.17) is 9.47 Å². The highest BCUT2D eigenvalue weighted by atomic mass is 16.5. The number of hydrogen-bond acceptors (Lipinski definition) is 4. The van der Waals surface area contributed by atoms with Gasteiger partial charge in [-0.1, -0.05) is 115 Å². The van der Waals surface area contributed by atoms with E-state index < -0.39 is 0 Å². The monoisotopic (exact) mass is 642 g/mol. The van der Waals surface area contributed by atoms with Crippen LogP contribution in [0.5, 0.6) is 23.0 Å². The molecule has 0 amide bonds. The summed E-state index contributed by atoms with van der Waals surface area (Å²) in [5.41, 5.74) is 10.6. The lowest BCUT2D eigenvalue weighted by Crippen LogP contribution is -2.16. The Kier molecular flexibility index (Phi) is 6.46. The van der Waals surface area contributed by atoms with Gasteiger partial charge in [-0.25, -0.2) is 0 Å². The molecule has 0 atom stereocenters. The third kappa shape index (κ3) is 4.61. The van der Waals surface area contributed by atoms with Crippen molar-refractivity contribution in [2.75, 3.05) is 9.80 Å². The topological polar surface area (TPSA) is 24.9 Å². The molecular formula is C46H30N2O2. The fraction of sp³-hybridized carbons (Fsp3) is 0. The first kappa shape index (κ1) is 28.3. The third-order valence-electron chi connectivity index (χ3n) is 9.60. The van der Waals surface area contributed by atoms with Crippen molar-refractivity contribution in [3.63, 3.8) is 0 Å². The van der Waals surface area contributed by atoms with Crippen LogP contribution in [0.15, 0.2) is 182 Å². The van der Waals surface area contributed by atoms with E-state index in [0.29, 0.717) is 0 Å². The van der Waals surface area contributed by atoms with E-state index in [2.05, 4.69) is 168 Å². The van der Waals surface area contributed by atoms with Gasteiger partial charge in [-0.05, 0) is 94.4 Å². The normalized spacial score (nSPS) is 12.6. The van der Waals surface area contributed by atoms with Crippen molar-refractivity contribution in [1.82, 2.24) is 0 Å². The fourth-order valence-corrected chi connectivity index (χ4v) is 7.24. The van der Waals surface area contributed by atoms with Crippen molar-refractivity contribution in [1.29, 1.82) is 0 Å². The minimum Gasteiger partial charge on any atom is -0.453 e. The van der Waals surface area contributed by atoms with Crippen LogP contribution >= 0.6 is 0 Å². The Balaban J connectivity index is 1.10. The number of anilines is 6. The molecule has 0 spiro atoms. The van der Waals surface area contributed by atoms with Gasteiger partial charge in [-0.15, -0.1) is 0 Å². The molecule has 4 nitrogen and oxygen atoms in total. The molecule has 0 aliphatic carbocycles. The minimum atomic E-state index is 0.798. The van der Waals surface area contributed by atoms with Crippen molar-refractivity contribution in [3.8, 4) is 45.3 Å². The Bertz CT molecular complexity index is 2560. The molecule has 0 N–H and O–H groups in total. The number of ether oxygens (including phenoxy) is 2. The zero-order valence-electron chi connectivity index (χ0n) is 27.0. The summed E-state index contributed by atoms with van der Waals surface area (Å²) in [7, 11) is 0. The SMILES string of the molecule is c1ccc(-c2cccc(N3c4ccc(-c5ccc6c(c5)Oc5ccccc5N6c5ccccc5)cc4Oc4c3ccc3ccccc43)c2)cc1. The van der Waals surface area contributed by atoms with Crippen molar-refractivity contribution >= 4 is 44.9 Å². The van der Waals surface area contributed by atoms with E-state index >= 15 is 0 Å². The second-order valence-electron chi connectivity index (χ2n) is 12.6. The number of nitrogens with zero attached hydrogens (tertiary/aromatic N) is 2. The first-order chi connectivity index (χ1) is 24.8. The molecule has 0 saturated carbocycles. The van der Waals surface area contributed by atoms with Gasteiger partial charge in [0.15, 0.2) is 23.0 Å². The minimum absolute atomic E-state index is 0.798. The summed E-state index contributed by atoms with van der Waals surface area (Å²) in [6.07, 6.45) is 0. The van der Waals surface area contributed by atoms with Crippen molar-refractivity contribution in [2.24, 2.45) is 0 Å². The zero-order valence-corrected chi connectivity index (χ0v) is 27.0. The second kappa shape index (κ2) is 11.4. The quantitative estimate of drug-likeness (QED) is 0.191. The van der Waals surface area contributed by atoms with E-state index in [9.17, 15) is 0 Å². The van der Waals surface area contributed by atoms with Gasteiger partial charge < -0.3 is 19.3 Å². The molecule has 236 valence electrons. The van der Waals surface area contributed by atoms with Crippen LogP contribution in [0.25, 0.3) is 33.0 Å². The summed E-state index contributed by atoms with van der Waals surface area (Å²) in [5.74, 6) is 3.28. The highest BCUT2D eigenvalue weighted by Gasteiger charge is 2.29. The summed E-state index contributed by atoms with van der Waals surface area (Å²) in [6, 6.07) is 63.6. The van der Waals surface area contributed by atoms with Crippen LogP contribution in [0.1, 0.15) is 0 Å². The van der Waals surface area contributed by atoms with E-state index in [1.165, 1.54) is 5.56 Å². The molecule has 2 aliphatic heterocycles. The molecule has 4 heteroatoms. The van der Waals surface area contributed by atoms with E-state index in [-0.39, 0.29) is 0 Å². The average molecular weight is 643 g/mol. The average Bonchev–Trinajstić information content (AvgIpc) is 3.19. The van der Waals surface area contributed by atoms with Gasteiger partial charge in [0, 0.05) is 16.8 Å². The third-order valence-corrected chi connectivity index (χ3v) is 9.60. The Morgan fingerprint density at radius 2 is 0.880 bits per heavy atom. The molecule has 50 heavy (non-hydrogen) atoms. The standard InChI is InChI=1S/C46H30N2O2/c1-3-12-31(13-4-1)33-15-11-18-37(28-33)48-41-26-24-35(30-45(41)50-46-38-19-8-7-14-32(38)22-27-42(46)48)34-23-25-40-44(29-34)49-43-21-10-9-20-39(43)47(40)36-16-5-2-6-17-36/h1-30H. The predicted molar refractivity (Wildman–Crippen MR) is 204 cm³/mol. The molecule has 8 aromatic carbocycles. The maximum absolute atomic E-state index is 6.87. The second-order valence-corrected chi connectivity index (χ2v) is 12.6. The van der Waals surface area contributed by atoms with Gasteiger partial charge in [0.2, 0.25) is 0 Å².